The molecule has 0 fully saturated rings. The first-order chi connectivity index (χ1) is 14.5. The van der Waals surface area contributed by atoms with Gasteiger partial charge in [-0.3, -0.25) is 19.4 Å². The SMILES string of the molecule is Cc1ccc(Nc2nc3c(c(=O)[nH]2)[C@@H](C(=O)NCc2ccccc2)CC(=O)N3)cc1. The molecule has 4 N–H and O–H groups in total. The molecule has 2 aromatic carbocycles. The van der Waals surface area contributed by atoms with Crippen molar-refractivity contribution in [3.8, 4) is 0 Å². The molecule has 4 rings (SSSR count). The van der Waals surface area contributed by atoms with Crippen LogP contribution in [0.1, 0.15) is 29.0 Å². The van der Waals surface area contributed by atoms with E-state index in [9.17, 15) is 14.4 Å². The van der Waals surface area contributed by atoms with Crippen molar-refractivity contribution in [1.82, 2.24) is 15.3 Å². The first-order valence-corrected chi connectivity index (χ1v) is 9.59. The van der Waals surface area contributed by atoms with Gasteiger partial charge in [-0.1, -0.05) is 48.0 Å². The van der Waals surface area contributed by atoms with Gasteiger partial charge in [0.15, 0.2) is 0 Å². The van der Waals surface area contributed by atoms with Crippen LogP contribution in [0.15, 0.2) is 59.4 Å². The van der Waals surface area contributed by atoms with Crippen molar-refractivity contribution < 1.29 is 9.59 Å². The molecule has 0 radical (unpaired) electrons. The van der Waals surface area contributed by atoms with E-state index in [2.05, 4.69) is 25.9 Å². The zero-order valence-electron chi connectivity index (χ0n) is 16.4. The van der Waals surface area contributed by atoms with Gasteiger partial charge in [0.25, 0.3) is 5.56 Å². The Labute approximate surface area is 172 Å². The number of hydrogen-bond donors (Lipinski definition) is 4. The summed E-state index contributed by atoms with van der Waals surface area (Å²) in [4.78, 5) is 44.7. The van der Waals surface area contributed by atoms with Crippen LogP contribution < -0.4 is 21.5 Å². The zero-order valence-corrected chi connectivity index (χ0v) is 16.4. The van der Waals surface area contributed by atoms with Crippen molar-refractivity contribution >= 4 is 29.3 Å². The lowest BCUT2D eigenvalue weighted by Gasteiger charge is -2.23. The highest BCUT2D eigenvalue weighted by Gasteiger charge is 2.34. The van der Waals surface area contributed by atoms with Gasteiger partial charge in [-0.15, -0.1) is 0 Å². The van der Waals surface area contributed by atoms with Gasteiger partial charge in [-0.25, -0.2) is 0 Å². The standard InChI is InChI=1S/C22H21N5O3/c1-13-7-9-15(10-8-13)24-22-26-19-18(21(30)27-22)16(11-17(28)25-19)20(29)23-12-14-5-3-2-4-6-14/h2-10,16H,11-12H2,1H3,(H,23,29)(H3,24,25,26,27,28,30)/t16-/m0/s1. The van der Waals surface area contributed by atoms with Crippen molar-refractivity contribution in [2.24, 2.45) is 0 Å². The first kappa shape index (κ1) is 19.4. The lowest BCUT2D eigenvalue weighted by Crippen LogP contribution is -2.39. The highest BCUT2D eigenvalue weighted by molar-refractivity contribution is 6.00. The smallest absolute Gasteiger partial charge is 0.258 e. The lowest BCUT2D eigenvalue weighted by atomic mass is 9.92. The maximum Gasteiger partial charge on any atom is 0.258 e. The minimum absolute atomic E-state index is 0.101. The number of aromatic nitrogens is 2. The van der Waals surface area contributed by atoms with E-state index in [4.69, 9.17) is 0 Å². The summed E-state index contributed by atoms with van der Waals surface area (Å²) in [6, 6.07) is 17.0. The summed E-state index contributed by atoms with van der Waals surface area (Å²) < 4.78 is 0. The molecule has 0 unspecified atom stereocenters. The van der Waals surface area contributed by atoms with Crippen molar-refractivity contribution in [1.29, 1.82) is 0 Å². The number of anilines is 3. The first-order valence-electron chi connectivity index (χ1n) is 9.59. The summed E-state index contributed by atoms with van der Waals surface area (Å²) in [5.41, 5.74) is 2.46. The van der Waals surface area contributed by atoms with E-state index < -0.39 is 11.5 Å². The largest absolute Gasteiger partial charge is 0.351 e. The Balaban J connectivity index is 1.57. The fourth-order valence-electron chi connectivity index (χ4n) is 3.34. The normalized spacial score (nSPS) is 15.1. The van der Waals surface area contributed by atoms with Crippen LogP contribution in [0.5, 0.6) is 0 Å². The third-order valence-corrected chi connectivity index (χ3v) is 4.89. The van der Waals surface area contributed by atoms with Crippen LogP contribution in [0.25, 0.3) is 0 Å². The lowest BCUT2D eigenvalue weighted by molar-refractivity contribution is -0.126. The number of carbonyl (C=O) groups excluding carboxylic acids is 2. The van der Waals surface area contributed by atoms with E-state index >= 15 is 0 Å². The van der Waals surface area contributed by atoms with E-state index in [1.807, 2.05) is 61.5 Å². The molecule has 1 aliphatic heterocycles. The highest BCUT2D eigenvalue weighted by atomic mass is 16.2. The van der Waals surface area contributed by atoms with Crippen molar-refractivity contribution in [3.05, 3.63) is 81.6 Å². The molecular weight excluding hydrogens is 382 g/mol. The summed E-state index contributed by atoms with van der Waals surface area (Å²) in [6.07, 6.45) is -0.108. The number of hydrogen-bond acceptors (Lipinski definition) is 5. The fourth-order valence-corrected chi connectivity index (χ4v) is 3.34. The zero-order chi connectivity index (χ0) is 21.1. The molecule has 1 atom stereocenters. The van der Waals surface area contributed by atoms with E-state index in [-0.39, 0.29) is 35.6 Å². The third kappa shape index (κ3) is 4.22. The molecule has 0 saturated heterocycles. The summed E-state index contributed by atoms with van der Waals surface area (Å²) >= 11 is 0. The summed E-state index contributed by atoms with van der Waals surface area (Å²) in [7, 11) is 0. The van der Waals surface area contributed by atoms with Crippen molar-refractivity contribution in [3.63, 3.8) is 0 Å². The molecule has 30 heavy (non-hydrogen) atoms. The Morgan fingerprint density at radius 2 is 1.83 bits per heavy atom. The van der Waals surface area contributed by atoms with Gasteiger partial charge in [0, 0.05) is 18.7 Å². The van der Waals surface area contributed by atoms with Crippen LogP contribution in [0.4, 0.5) is 17.5 Å². The maximum atomic E-state index is 12.8. The number of rotatable bonds is 5. The average Bonchev–Trinajstić information content (AvgIpc) is 2.73. The Morgan fingerprint density at radius 3 is 2.57 bits per heavy atom. The molecule has 3 aromatic rings. The number of benzene rings is 2. The second-order valence-corrected chi connectivity index (χ2v) is 7.18. The summed E-state index contributed by atoms with van der Waals surface area (Å²) in [6.45, 7) is 2.28. The molecule has 152 valence electrons. The number of carbonyl (C=O) groups is 2. The molecule has 8 heteroatoms. The summed E-state index contributed by atoms with van der Waals surface area (Å²) in [5.74, 6) is -1.36. The van der Waals surface area contributed by atoms with Crippen LogP contribution in [0.2, 0.25) is 0 Å². The minimum Gasteiger partial charge on any atom is -0.351 e. The van der Waals surface area contributed by atoms with Crippen LogP contribution in [0.3, 0.4) is 0 Å². The van der Waals surface area contributed by atoms with Gasteiger partial charge < -0.3 is 16.0 Å². The minimum atomic E-state index is -0.901. The van der Waals surface area contributed by atoms with Crippen LogP contribution in [-0.2, 0) is 16.1 Å². The molecule has 0 saturated carbocycles. The number of aryl methyl sites for hydroxylation is 1. The molecule has 1 aliphatic rings. The Morgan fingerprint density at radius 1 is 1.10 bits per heavy atom. The molecule has 2 heterocycles. The molecule has 0 bridgehead atoms. The predicted molar refractivity (Wildman–Crippen MR) is 114 cm³/mol. The Kier molecular flexibility index (Phi) is 5.30. The molecule has 0 spiro atoms. The Bertz CT molecular complexity index is 1140. The molecule has 1 aromatic heterocycles. The quantitative estimate of drug-likeness (QED) is 0.523. The molecule has 2 amide bonds. The maximum absolute atomic E-state index is 12.8. The van der Waals surface area contributed by atoms with Gasteiger partial charge >= 0.3 is 0 Å². The number of nitrogens with zero attached hydrogens (tertiary/aromatic N) is 1. The van der Waals surface area contributed by atoms with Gasteiger partial charge in [0.2, 0.25) is 17.8 Å². The van der Waals surface area contributed by atoms with Gasteiger partial charge in [0.1, 0.15) is 5.82 Å². The van der Waals surface area contributed by atoms with Gasteiger partial charge in [0.05, 0.1) is 11.5 Å². The number of aromatic amines is 1. The number of H-pyrrole nitrogens is 1. The fraction of sp³-hybridized carbons (Fsp3) is 0.182. The van der Waals surface area contributed by atoms with Crippen molar-refractivity contribution in [2.75, 3.05) is 10.6 Å². The van der Waals surface area contributed by atoms with Crippen LogP contribution in [0, 0.1) is 6.92 Å². The number of fused-ring (bicyclic) bond motifs is 1. The van der Waals surface area contributed by atoms with Crippen molar-refractivity contribution in [2.45, 2.75) is 25.8 Å². The van der Waals surface area contributed by atoms with E-state index in [1.165, 1.54) is 0 Å². The number of amides is 2. The predicted octanol–water partition coefficient (Wildman–Crippen LogP) is 2.56. The van der Waals surface area contributed by atoms with Gasteiger partial charge in [-0.05, 0) is 24.6 Å². The Hall–Kier alpha value is -3.94. The van der Waals surface area contributed by atoms with Gasteiger partial charge in [-0.2, -0.15) is 4.98 Å². The second-order valence-electron chi connectivity index (χ2n) is 7.18. The van der Waals surface area contributed by atoms with E-state index in [0.29, 0.717) is 6.54 Å². The molecular formula is C22H21N5O3. The number of nitrogens with one attached hydrogen (secondary N) is 4. The average molecular weight is 403 g/mol. The van der Waals surface area contributed by atoms with Crippen LogP contribution in [-0.4, -0.2) is 21.8 Å². The molecule has 0 aliphatic carbocycles. The monoisotopic (exact) mass is 403 g/mol. The summed E-state index contributed by atoms with van der Waals surface area (Å²) in [5, 5.41) is 8.42. The third-order valence-electron chi connectivity index (χ3n) is 4.89. The van der Waals surface area contributed by atoms with Crippen LogP contribution >= 0.6 is 0 Å². The second kappa shape index (κ2) is 8.20. The molecule has 8 nitrogen and oxygen atoms in total. The van der Waals surface area contributed by atoms with E-state index in [1.54, 1.807) is 0 Å². The highest BCUT2D eigenvalue weighted by Crippen LogP contribution is 2.29. The van der Waals surface area contributed by atoms with E-state index in [0.717, 1.165) is 16.8 Å². The topological polar surface area (TPSA) is 116 Å².